The summed E-state index contributed by atoms with van der Waals surface area (Å²) < 4.78 is 10.4. The molecule has 0 fully saturated rings. The van der Waals surface area contributed by atoms with Gasteiger partial charge in [0, 0.05) is 11.6 Å². The van der Waals surface area contributed by atoms with Gasteiger partial charge in [0.1, 0.15) is 23.2 Å². The third-order valence-corrected chi connectivity index (χ3v) is 4.52. The van der Waals surface area contributed by atoms with Crippen molar-refractivity contribution in [1.29, 1.82) is 5.26 Å². The van der Waals surface area contributed by atoms with E-state index in [1.807, 2.05) is 43.3 Å². The van der Waals surface area contributed by atoms with Crippen molar-refractivity contribution >= 4 is 18.0 Å². The molecule has 30 heavy (non-hydrogen) atoms. The van der Waals surface area contributed by atoms with Gasteiger partial charge in [-0.15, -0.1) is 0 Å². The highest BCUT2D eigenvalue weighted by molar-refractivity contribution is 6.01. The van der Waals surface area contributed by atoms with Crippen molar-refractivity contribution < 1.29 is 18.7 Å². The zero-order chi connectivity index (χ0) is 21.5. The van der Waals surface area contributed by atoms with Crippen LogP contribution in [0.4, 0.5) is 0 Å². The number of nitriles is 1. The van der Waals surface area contributed by atoms with Gasteiger partial charge >= 0.3 is 5.97 Å². The Bertz CT molecular complexity index is 1110. The number of hydrogen-bond acceptors (Lipinski definition) is 5. The van der Waals surface area contributed by atoms with E-state index in [9.17, 15) is 14.9 Å². The molecular formula is C24H20N2O4. The lowest BCUT2D eigenvalue weighted by molar-refractivity contribution is -0.117. The molecule has 0 spiro atoms. The van der Waals surface area contributed by atoms with Crippen LogP contribution in [0.5, 0.6) is 0 Å². The molecule has 0 aliphatic rings. The largest absolute Gasteiger partial charge is 0.465 e. The van der Waals surface area contributed by atoms with Crippen molar-refractivity contribution in [2.45, 2.75) is 13.0 Å². The van der Waals surface area contributed by atoms with Crippen molar-refractivity contribution in [3.63, 3.8) is 0 Å². The topological polar surface area (TPSA) is 92.3 Å². The average Bonchev–Trinajstić information content (AvgIpc) is 3.26. The number of ether oxygens (including phenoxy) is 1. The van der Waals surface area contributed by atoms with Crippen molar-refractivity contribution in [3.8, 4) is 17.4 Å². The molecule has 0 saturated heterocycles. The summed E-state index contributed by atoms with van der Waals surface area (Å²) in [6.45, 7) is 1.85. The standard InChI is InChI=1S/C24H20N2O4/c1-16(17-6-4-3-5-7-17)26-23(27)20(15-25)14-21-12-13-22(30-21)18-8-10-19(11-9-18)24(28)29-2/h3-14,16H,1-2H3,(H,26,27)/b20-14-/t16-/m0/s1. The molecule has 0 aliphatic heterocycles. The molecule has 6 heteroatoms. The van der Waals surface area contributed by atoms with Gasteiger partial charge in [-0.3, -0.25) is 4.79 Å². The summed E-state index contributed by atoms with van der Waals surface area (Å²) in [4.78, 5) is 24.0. The van der Waals surface area contributed by atoms with E-state index in [1.54, 1.807) is 36.4 Å². The first-order valence-corrected chi connectivity index (χ1v) is 9.28. The van der Waals surface area contributed by atoms with Crippen LogP contribution in [0.3, 0.4) is 0 Å². The maximum atomic E-state index is 12.5. The number of benzene rings is 2. The van der Waals surface area contributed by atoms with Crippen LogP contribution < -0.4 is 5.32 Å². The van der Waals surface area contributed by atoms with E-state index in [1.165, 1.54) is 13.2 Å². The van der Waals surface area contributed by atoms with Crippen LogP contribution in [0.1, 0.15) is 34.6 Å². The summed E-state index contributed by atoms with van der Waals surface area (Å²) in [7, 11) is 1.32. The molecule has 1 amide bonds. The predicted octanol–water partition coefficient (Wildman–Crippen LogP) is 4.52. The third kappa shape index (κ3) is 4.83. The van der Waals surface area contributed by atoms with Crippen molar-refractivity contribution in [1.82, 2.24) is 5.32 Å². The molecular weight excluding hydrogens is 380 g/mol. The summed E-state index contributed by atoms with van der Waals surface area (Å²) in [5.41, 5.74) is 2.07. The molecule has 0 radical (unpaired) electrons. The highest BCUT2D eigenvalue weighted by Gasteiger charge is 2.15. The van der Waals surface area contributed by atoms with Gasteiger partial charge in [0.25, 0.3) is 5.91 Å². The molecule has 1 heterocycles. The molecule has 1 atom stereocenters. The number of methoxy groups -OCH3 is 1. The molecule has 3 rings (SSSR count). The molecule has 0 aliphatic carbocycles. The maximum Gasteiger partial charge on any atom is 0.337 e. The second kappa shape index (κ2) is 9.39. The molecule has 1 aromatic heterocycles. The number of carbonyl (C=O) groups is 2. The maximum absolute atomic E-state index is 12.5. The van der Waals surface area contributed by atoms with E-state index >= 15 is 0 Å². The highest BCUT2D eigenvalue weighted by Crippen LogP contribution is 2.24. The first-order valence-electron chi connectivity index (χ1n) is 9.28. The number of esters is 1. The Morgan fingerprint density at radius 1 is 1.07 bits per heavy atom. The Hall–Kier alpha value is -4.11. The Morgan fingerprint density at radius 3 is 2.40 bits per heavy atom. The highest BCUT2D eigenvalue weighted by atomic mass is 16.5. The average molecular weight is 400 g/mol. The van der Waals surface area contributed by atoms with Crippen molar-refractivity contribution in [2.24, 2.45) is 0 Å². The van der Waals surface area contributed by atoms with E-state index in [0.717, 1.165) is 11.1 Å². The van der Waals surface area contributed by atoms with Gasteiger partial charge in [-0.05, 0) is 36.8 Å². The number of carbonyl (C=O) groups excluding carboxylic acids is 2. The SMILES string of the molecule is COC(=O)c1ccc(-c2ccc(/C=C(/C#N)C(=O)N[C@@H](C)c3ccccc3)o2)cc1. The lowest BCUT2D eigenvalue weighted by atomic mass is 10.1. The van der Waals surface area contributed by atoms with Gasteiger partial charge in [0.05, 0.1) is 18.7 Å². The smallest absolute Gasteiger partial charge is 0.337 e. The molecule has 3 aromatic rings. The number of amides is 1. The van der Waals surface area contributed by atoms with Crippen molar-refractivity contribution in [2.75, 3.05) is 7.11 Å². The van der Waals surface area contributed by atoms with Crippen LogP contribution in [0, 0.1) is 11.3 Å². The molecule has 0 unspecified atom stereocenters. The minimum atomic E-state index is -0.478. The zero-order valence-corrected chi connectivity index (χ0v) is 16.6. The second-order valence-corrected chi connectivity index (χ2v) is 6.55. The van der Waals surface area contributed by atoms with Gasteiger partial charge in [0.2, 0.25) is 0 Å². The van der Waals surface area contributed by atoms with Gasteiger partial charge < -0.3 is 14.5 Å². The van der Waals surface area contributed by atoms with Crippen LogP contribution in [0.15, 0.2) is 76.7 Å². The van der Waals surface area contributed by atoms with Gasteiger partial charge in [0.15, 0.2) is 0 Å². The summed E-state index contributed by atoms with van der Waals surface area (Å²) in [6.07, 6.45) is 1.40. The Balaban J connectivity index is 1.74. The predicted molar refractivity (Wildman–Crippen MR) is 112 cm³/mol. The monoisotopic (exact) mass is 400 g/mol. The van der Waals surface area contributed by atoms with E-state index in [4.69, 9.17) is 4.42 Å². The van der Waals surface area contributed by atoms with Crippen LogP contribution in [0.25, 0.3) is 17.4 Å². The fraction of sp³-hybridized carbons (Fsp3) is 0.125. The summed E-state index contributed by atoms with van der Waals surface area (Å²) in [5, 5.41) is 12.2. The summed E-state index contributed by atoms with van der Waals surface area (Å²) in [6, 6.07) is 21.3. The van der Waals surface area contributed by atoms with E-state index < -0.39 is 11.9 Å². The van der Waals surface area contributed by atoms with Crippen molar-refractivity contribution in [3.05, 3.63) is 89.2 Å². The lowest BCUT2D eigenvalue weighted by Crippen LogP contribution is -2.27. The van der Waals surface area contributed by atoms with Gasteiger partial charge in [-0.2, -0.15) is 5.26 Å². The molecule has 1 N–H and O–H groups in total. The molecule has 150 valence electrons. The summed E-state index contributed by atoms with van der Waals surface area (Å²) in [5.74, 6) is 0.0300. The minimum Gasteiger partial charge on any atom is -0.465 e. The van der Waals surface area contributed by atoms with Gasteiger partial charge in [-0.25, -0.2) is 4.79 Å². The van der Waals surface area contributed by atoms with E-state index in [0.29, 0.717) is 17.1 Å². The molecule has 0 bridgehead atoms. The summed E-state index contributed by atoms with van der Waals surface area (Å²) >= 11 is 0. The molecule has 0 saturated carbocycles. The number of rotatable bonds is 6. The number of hydrogen-bond donors (Lipinski definition) is 1. The number of nitrogens with one attached hydrogen (secondary N) is 1. The van der Waals surface area contributed by atoms with E-state index in [-0.39, 0.29) is 11.6 Å². The Labute approximate surface area is 174 Å². The minimum absolute atomic E-state index is 0.0558. The van der Waals surface area contributed by atoms with E-state index in [2.05, 4.69) is 10.1 Å². The lowest BCUT2D eigenvalue weighted by Gasteiger charge is -2.13. The van der Waals surface area contributed by atoms with Crippen LogP contribution in [0.2, 0.25) is 0 Å². The van der Waals surface area contributed by atoms with Crippen LogP contribution >= 0.6 is 0 Å². The number of furan rings is 1. The molecule has 2 aromatic carbocycles. The normalized spacial score (nSPS) is 12.0. The third-order valence-electron chi connectivity index (χ3n) is 4.52. The second-order valence-electron chi connectivity index (χ2n) is 6.55. The van der Waals surface area contributed by atoms with Crippen LogP contribution in [-0.2, 0) is 9.53 Å². The first kappa shape index (κ1) is 20.6. The fourth-order valence-corrected chi connectivity index (χ4v) is 2.86. The van der Waals surface area contributed by atoms with Crippen LogP contribution in [-0.4, -0.2) is 19.0 Å². The Kier molecular flexibility index (Phi) is 6.46. The van der Waals surface area contributed by atoms with Gasteiger partial charge in [-0.1, -0.05) is 42.5 Å². The fourth-order valence-electron chi connectivity index (χ4n) is 2.86. The molecule has 6 nitrogen and oxygen atoms in total. The quantitative estimate of drug-likeness (QED) is 0.373. The number of nitrogens with zero attached hydrogens (tertiary/aromatic N) is 1. The zero-order valence-electron chi connectivity index (χ0n) is 16.6. The first-order chi connectivity index (χ1) is 14.5. The Morgan fingerprint density at radius 2 is 1.77 bits per heavy atom.